The average Bonchev–Trinajstić information content (AvgIpc) is 3.92. The van der Waals surface area contributed by atoms with Crippen LogP contribution >= 0.6 is 0 Å². The summed E-state index contributed by atoms with van der Waals surface area (Å²) in [5, 5.41) is 16.6. The Hall–Kier alpha value is -3.25. The SMILES string of the molecule is C[C@]12CC[C@@H](O)CC1CCC1C2CC[C@]2(C)C(CCC(=O)N[C@H]3C[C@@H](C(=O)NCCc4cnc[nH]4)N(C(=O)C(N)Cc4c[nH]cn4)C3)CCC12. The highest BCUT2D eigenvalue weighted by Gasteiger charge is 2.60. The number of aliphatic hydroxyl groups is 1. The van der Waals surface area contributed by atoms with E-state index in [1.54, 1.807) is 29.9 Å². The van der Waals surface area contributed by atoms with Gasteiger partial charge in [-0.1, -0.05) is 13.8 Å². The number of aromatic nitrogens is 4. The van der Waals surface area contributed by atoms with Crippen molar-refractivity contribution in [1.82, 2.24) is 35.5 Å². The van der Waals surface area contributed by atoms with Crippen LogP contribution in [0.1, 0.15) is 102 Å². The van der Waals surface area contributed by atoms with Crippen molar-refractivity contribution in [1.29, 1.82) is 0 Å². The number of likely N-dealkylation sites (tertiary alicyclic amines) is 1. The number of hydrogen-bond donors (Lipinski definition) is 6. The van der Waals surface area contributed by atoms with Gasteiger partial charge in [0.1, 0.15) is 6.04 Å². The van der Waals surface area contributed by atoms with E-state index in [1.165, 1.54) is 44.9 Å². The van der Waals surface area contributed by atoms with E-state index in [-0.39, 0.29) is 48.2 Å². The van der Waals surface area contributed by atoms with E-state index in [9.17, 15) is 19.5 Å². The van der Waals surface area contributed by atoms with Crippen molar-refractivity contribution in [3.63, 3.8) is 0 Å². The van der Waals surface area contributed by atoms with Crippen LogP contribution in [-0.4, -0.2) is 85.0 Å². The molecule has 4 aliphatic carbocycles. The number of carbonyl (C=O) groups is 3. The Kier molecular flexibility index (Phi) is 10.1. The van der Waals surface area contributed by atoms with Gasteiger partial charge in [-0.25, -0.2) is 9.97 Å². The molecule has 0 radical (unpaired) electrons. The van der Waals surface area contributed by atoms with Gasteiger partial charge in [-0.15, -0.1) is 0 Å². The van der Waals surface area contributed by atoms with Gasteiger partial charge >= 0.3 is 0 Å². The second-order valence-electron chi connectivity index (χ2n) is 16.9. The van der Waals surface area contributed by atoms with Gasteiger partial charge in [-0.05, 0) is 111 Å². The van der Waals surface area contributed by atoms with Crippen LogP contribution in [-0.2, 0) is 27.2 Å². The lowest BCUT2D eigenvalue weighted by Gasteiger charge is -2.61. The zero-order valence-corrected chi connectivity index (χ0v) is 29.9. The van der Waals surface area contributed by atoms with Crippen molar-refractivity contribution in [2.45, 2.75) is 128 Å². The first-order chi connectivity index (χ1) is 24.0. The van der Waals surface area contributed by atoms with E-state index in [0.717, 1.165) is 42.7 Å². The summed E-state index contributed by atoms with van der Waals surface area (Å²) in [7, 11) is 0. The van der Waals surface area contributed by atoms with Crippen LogP contribution in [0, 0.1) is 40.4 Å². The predicted molar refractivity (Wildman–Crippen MR) is 188 cm³/mol. The summed E-state index contributed by atoms with van der Waals surface area (Å²) < 4.78 is 0. The summed E-state index contributed by atoms with van der Waals surface area (Å²) in [6.45, 7) is 5.71. The Morgan fingerprint density at radius 3 is 2.66 bits per heavy atom. The second kappa shape index (κ2) is 14.4. The first-order valence-electron chi connectivity index (χ1n) is 19.3. The topological polar surface area (TPSA) is 182 Å². The normalized spacial score (nSPS) is 37.0. The molecule has 3 heterocycles. The minimum atomic E-state index is -0.846. The van der Waals surface area contributed by atoms with E-state index in [1.807, 2.05) is 0 Å². The summed E-state index contributed by atoms with van der Waals surface area (Å²) in [5.74, 6) is 2.91. The fraction of sp³-hybridized carbons (Fsp3) is 0.763. The summed E-state index contributed by atoms with van der Waals surface area (Å²) in [6.07, 6.45) is 19.7. The molecule has 0 spiro atoms. The number of nitrogens with one attached hydrogen (secondary N) is 4. The van der Waals surface area contributed by atoms with Crippen molar-refractivity contribution >= 4 is 17.7 Å². The van der Waals surface area contributed by atoms with Gasteiger partial charge in [0.25, 0.3) is 0 Å². The smallest absolute Gasteiger partial charge is 0.242 e. The Morgan fingerprint density at radius 1 is 1.06 bits per heavy atom. The van der Waals surface area contributed by atoms with Crippen LogP contribution in [0.25, 0.3) is 0 Å². The van der Waals surface area contributed by atoms with Gasteiger partial charge in [0.15, 0.2) is 0 Å². The minimum Gasteiger partial charge on any atom is -0.393 e. The van der Waals surface area contributed by atoms with Gasteiger partial charge < -0.3 is 36.3 Å². The number of aliphatic hydroxyl groups excluding tert-OH is 1. The molecule has 2 aromatic heterocycles. The highest BCUT2D eigenvalue weighted by molar-refractivity contribution is 5.91. The number of rotatable bonds is 11. The molecule has 12 nitrogen and oxygen atoms in total. The molecule has 274 valence electrons. The molecule has 5 fully saturated rings. The third-order valence-corrected chi connectivity index (χ3v) is 14.4. The summed E-state index contributed by atoms with van der Waals surface area (Å²) in [6, 6.07) is -1.88. The molecule has 5 aliphatic rings. The Labute approximate surface area is 295 Å². The fourth-order valence-electron chi connectivity index (χ4n) is 11.6. The molecule has 11 atom stereocenters. The lowest BCUT2D eigenvalue weighted by molar-refractivity contribution is -0.139. The van der Waals surface area contributed by atoms with Crippen molar-refractivity contribution in [2.24, 2.45) is 46.2 Å². The third-order valence-electron chi connectivity index (χ3n) is 14.4. The van der Waals surface area contributed by atoms with E-state index in [2.05, 4.69) is 44.4 Å². The van der Waals surface area contributed by atoms with E-state index in [0.29, 0.717) is 48.8 Å². The molecule has 1 aliphatic heterocycles. The van der Waals surface area contributed by atoms with E-state index < -0.39 is 12.1 Å². The number of fused-ring (bicyclic) bond motifs is 5. The molecule has 2 aromatic rings. The van der Waals surface area contributed by atoms with Crippen LogP contribution in [0.15, 0.2) is 25.0 Å². The van der Waals surface area contributed by atoms with Crippen LogP contribution in [0.4, 0.5) is 0 Å². The monoisotopic (exact) mass is 690 g/mol. The predicted octanol–water partition coefficient (Wildman–Crippen LogP) is 3.25. The summed E-state index contributed by atoms with van der Waals surface area (Å²) in [5.41, 5.74) is 8.59. The van der Waals surface area contributed by atoms with Gasteiger partial charge in [0, 0.05) is 56.5 Å². The fourth-order valence-corrected chi connectivity index (χ4v) is 11.6. The number of nitrogens with zero attached hydrogens (tertiary/aromatic N) is 3. The Bertz CT molecular complexity index is 1480. The maximum atomic E-state index is 13.6. The van der Waals surface area contributed by atoms with Crippen LogP contribution < -0.4 is 16.4 Å². The molecule has 7 rings (SSSR count). The van der Waals surface area contributed by atoms with Crippen molar-refractivity contribution in [3.05, 3.63) is 36.4 Å². The molecule has 0 aromatic carbocycles. The molecule has 12 heteroatoms. The van der Waals surface area contributed by atoms with E-state index >= 15 is 0 Å². The van der Waals surface area contributed by atoms with E-state index in [4.69, 9.17) is 5.73 Å². The zero-order valence-electron chi connectivity index (χ0n) is 29.9. The first-order valence-corrected chi connectivity index (χ1v) is 19.3. The molecule has 3 amide bonds. The third kappa shape index (κ3) is 6.86. The van der Waals surface area contributed by atoms with Crippen LogP contribution in [0.2, 0.25) is 0 Å². The first kappa shape index (κ1) is 35.2. The summed E-state index contributed by atoms with van der Waals surface area (Å²) in [4.78, 5) is 56.2. The summed E-state index contributed by atoms with van der Waals surface area (Å²) >= 11 is 0. The van der Waals surface area contributed by atoms with Crippen molar-refractivity contribution < 1.29 is 19.5 Å². The maximum absolute atomic E-state index is 13.6. The molecular formula is C38H58N8O4. The Morgan fingerprint density at radius 2 is 1.88 bits per heavy atom. The van der Waals surface area contributed by atoms with Gasteiger partial charge in [0.05, 0.1) is 30.5 Å². The number of H-pyrrole nitrogens is 2. The number of carbonyl (C=O) groups excluding carboxylic acids is 3. The number of aromatic amines is 2. The van der Waals surface area contributed by atoms with Crippen molar-refractivity contribution in [2.75, 3.05) is 13.1 Å². The lowest BCUT2D eigenvalue weighted by Crippen LogP contribution is -2.53. The minimum absolute atomic E-state index is 0.00181. The molecule has 7 N–H and O–H groups in total. The zero-order chi connectivity index (χ0) is 35.0. The van der Waals surface area contributed by atoms with Crippen LogP contribution in [0.5, 0.6) is 0 Å². The molecule has 50 heavy (non-hydrogen) atoms. The average molecular weight is 691 g/mol. The second-order valence-corrected chi connectivity index (χ2v) is 16.9. The highest BCUT2D eigenvalue weighted by atomic mass is 16.3. The lowest BCUT2D eigenvalue weighted by atomic mass is 9.44. The Balaban J connectivity index is 0.945. The number of amides is 3. The highest BCUT2D eigenvalue weighted by Crippen LogP contribution is 2.67. The van der Waals surface area contributed by atoms with Crippen LogP contribution in [0.3, 0.4) is 0 Å². The molecular weight excluding hydrogens is 632 g/mol. The standard InChI is InChI=1S/C38H58N8O4/c1-37-13-10-31-29(6-3-24-15-28(47)9-12-38(24,31)2)30(37)7-4-23(37)5-8-34(48)45-27-17-33(35(49)42-14-11-25-18-40-21-43-25)46(20-27)36(50)32(39)16-26-19-41-22-44-26/h18-19,21-24,27-33,47H,3-17,20,39H2,1-2H3,(H,40,43)(H,41,44)(H,42,49)(H,45,48)/t23?,24?,27-,28+,29?,30?,31?,32?,33-,37+,38-/m0/s1. The quantitative estimate of drug-likeness (QED) is 0.209. The largest absolute Gasteiger partial charge is 0.393 e. The number of hydrogen-bond acceptors (Lipinski definition) is 7. The molecule has 1 saturated heterocycles. The maximum Gasteiger partial charge on any atom is 0.242 e. The molecule has 4 saturated carbocycles. The molecule has 6 unspecified atom stereocenters. The number of nitrogens with two attached hydrogens (primary N) is 1. The van der Waals surface area contributed by atoms with Gasteiger partial charge in [0.2, 0.25) is 17.7 Å². The molecule has 0 bridgehead atoms. The number of imidazole rings is 2. The van der Waals surface area contributed by atoms with Gasteiger partial charge in [-0.3, -0.25) is 14.4 Å². The van der Waals surface area contributed by atoms with Gasteiger partial charge in [-0.2, -0.15) is 0 Å². The van der Waals surface area contributed by atoms with Crippen molar-refractivity contribution in [3.8, 4) is 0 Å².